The number of amides is 1. The summed E-state index contributed by atoms with van der Waals surface area (Å²) in [6.07, 6.45) is 4.98. The molecule has 1 aromatic heterocycles. The van der Waals surface area contributed by atoms with Gasteiger partial charge in [0.05, 0.1) is 52.0 Å². The normalized spacial score (nSPS) is 24.0. The van der Waals surface area contributed by atoms with E-state index < -0.39 is 44.4 Å². The van der Waals surface area contributed by atoms with Crippen LogP contribution in [0, 0.1) is 11.7 Å². The molecule has 0 bridgehead atoms. The lowest BCUT2D eigenvalue weighted by atomic mass is 9.78. The molecule has 0 radical (unpaired) electrons. The van der Waals surface area contributed by atoms with Crippen LogP contribution in [0.2, 0.25) is 10.0 Å². The predicted octanol–water partition coefficient (Wildman–Crippen LogP) is 4.74. The summed E-state index contributed by atoms with van der Waals surface area (Å²) in [6, 6.07) is 9.12. The minimum atomic E-state index is -3.20. The van der Waals surface area contributed by atoms with Gasteiger partial charge in [-0.3, -0.25) is 9.69 Å². The van der Waals surface area contributed by atoms with Gasteiger partial charge in [-0.2, -0.15) is 0 Å². The van der Waals surface area contributed by atoms with Crippen molar-refractivity contribution in [1.82, 2.24) is 14.9 Å². The Morgan fingerprint density at radius 1 is 1.09 bits per heavy atom. The third-order valence-electron chi connectivity index (χ3n) is 9.26. The molecule has 1 saturated carbocycles. The number of nitrogens with zero attached hydrogens (tertiary/aromatic N) is 3. The van der Waals surface area contributed by atoms with Crippen molar-refractivity contribution >= 4 is 38.9 Å². The Kier molecular flexibility index (Phi) is 8.04. The molecule has 1 saturated heterocycles. The maximum absolute atomic E-state index is 16.7. The number of halogens is 3. The van der Waals surface area contributed by atoms with Crippen LogP contribution in [0.15, 0.2) is 48.8 Å². The number of carbonyl (C=O) groups excluding carboxylic acids is 1. The van der Waals surface area contributed by atoms with Gasteiger partial charge in [0.2, 0.25) is 0 Å². The molecule has 6 rings (SSSR count). The molecule has 3 aromatic rings. The van der Waals surface area contributed by atoms with Crippen molar-refractivity contribution in [3.05, 3.63) is 92.7 Å². The minimum absolute atomic E-state index is 0.0341. The third kappa shape index (κ3) is 5.52. The van der Waals surface area contributed by atoms with Crippen LogP contribution < -0.4 is 0 Å². The van der Waals surface area contributed by atoms with E-state index in [-0.39, 0.29) is 60.0 Å². The van der Waals surface area contributed by atoms with Crippen LogP contribution in [0.5, 0.6) is 0 Å². The third-order valence-corrected chi connectivity index (χ3v) is 11.4. The van der Waals surface area contributed by atoms with E-state index in [1.807, 2.05) is 0 Å². The number of hydrogen-bond acceptors (Lipinski definition) is 8. The number of sulfone groups is 1. The smallest absolute Gasteiger partial charge is 0.257 e. The second-order valence-corrected chi connectivity index (χ2v) is 15.4. The first-order valence-corrected chi connectivity index (χ1v) is 17.0. The molecule has 13 heteroatoms. The van der Waals surface area contributed by atoms with Gasteiger partial charge in [0.15, 0.2) is 5.72 Å². The Balaban J connectivity index is 1.51. The maximum atomic E-state index is 16.7. The van der Waals surface area contributed by atoms with Crippen LogP contribution in [0.4, 0.5) is 4.39 Å². The van der Waals surface area contributed by atoms with Gasteiger partial charge in [0, 0.05) is 23.0 Å². The summed E-state index contributed by atoms with van der Waals surface area (Å²) in [5.74, 6) is -1.81. The highest BCUT2D eigenvalue weighted by molar-refractivity contribution is 7.91. The first-order chi connectivity index (χ1) is 20.7. The van der Waals surface area contributed by atoms with Crippen molar-refractivity contribution in [3.8, 4) is 0 Å². The van der Waals surface area contributed by atoms with Gasteiger partial charge in [0.1, 0.15) is 21.5 Å². The average molecular weight is 665 g/mol. The van der Waals surface area contributed by atoms with Crippen molar-refractivity contribution in [2.75, 3.05) is 18.1 Å². The van der Waals surface area contributed by atoms with E-state index in [9.17, 15) is 23.4 Å². The van der Waals surface area contributed by atoms with Gasteiger partial charge in [-0.15, -0.1) is 0 Å². The SMILES string of the molecule is CC(O)(c1cc(F)c2c(c1)C(=O)N(Cc1ncc(Cl)cn1)[C@@]2(OCC1(O)CCC1)c1ccc(Cl)cc1)C1CCS(=O)(=O)CC1. The summed E-state index contributed by atoms with van der Waals surface area (Å²) >= 11 is 12.2. The highest BCUT2D eigenvalue weighted by Gasteiger charge is 2.56. The minimum Gasteiger partial charge on any atom is -0.387 e. The number of aromatic nitrogens is 2. The highest BCUT2D eigenvalue weighted by atomic mass is 35.5. The fraction of sp³-hybridized carbons (Fsp3) is 0.452. The zero-order chi connectivity index (χ0) is 31.5. The van der Waals surface area contributed by atoms with E-state index in [1.54, 1.807) is 24.3 Å². The average Bonchev–Trinajstić information content (AvgIpc) is 3.20. The van der Waals surface area contributed by atoms with Crippen LogP contribution in [0.3, 0.4) is 0 Å². The van der Waals surface area contributed by atoms with E-state index in [0.29, 0.717) is 28.5 Å². The zero-order valence-corrected chi connectivity index (χ0v) is 26.3. The molecule has 2 fully saturated rings. The maximum Gasteiger partial charge on any atom is 0.257 e. The van der Waals surface area contributed by atoms with Gasteiger partial charge < -0.3 is 14.9 Å². The van der Waals surface area contributed by atoms with E-state index in [2.05, 4.69) is 9.97 Å². The monoisotopic (exact) mass is 663 g/mol. The van der Waals surface area contributed by atoms with Gasteiger partial charge in [0.25, 0.3) is 5.91 Å². The molecule has 44 heavy (non-hydrogen) atoms. The molecule has 2 atom stereocenters. The highest BCUT2D eigenvalue weighted by Crippen LogP contribution is 2.50. The molecule has 234 valence electrons. The van der Waals surface area contributed by atoms with Gasteiger partial charge in [-0.05, 0) is 74.8 Å². The predicted molar refractivity (Wildman–Crippen MR) is 161 cm³/mol. The lowest BCUT2D eigenvalue weighted by Gasteiger charge is -2.44. The number of fused-ring (bicyclic) bond motifs is 1. The Morgan fingerprint density at radius 2 is 1.73 bits per heavy atom. The number of carbonyl (C=O) groups is 1. The Labute approximate surface area is 264 Å². The topological polar surface area (TPSA) is 130 Å². The van der Waals surface area contributed by atoms with Crippen molar-refractivity contribution < 1.29 is 32.6 Å². The van der Waals surface area contributed by atoms with Crippen molar-refractivity contribution in [2.45, 2.75) is 62.5 Å². The molecular weight excluding hydrogens is 632 g/mol. The second kappa shape index (κ2) is 11.3. The Bertz CT molecular complexity index is 1690. The van der Waals surface area contributed by atoms with Crippen LogP contribution in [-0.4, -0.2) is 63.1 Å². The summed E-state index contributed by atoms with van der Waals surface area (Å²) in [5.41, 5.74) is -4.18. The number of ether oxygens (including phenoxy) is 1. The fourth-order valence-electron chi connectivity index (χ4n) is 6.45. The second-order valence-electron chi connectivity index (χ2n) is 12.2. The van der Waals surface area contributed by atoms with Crippen molar-refractivity contribution in [2.24, 2.45) is 5.92 Å². The summed E-state index contributed by atoms with van der Waals surface area (Å²) in [7, 11) is -3.20. The largest absolute Gasteiger partial charge is 0.387 e. The molecule has 0 spiro atoms. The van der Waals surface area contributed by atoms with Gasteiger partial charge >= 0.3 is 0 Å². The van der Waals surface area contributed by atoms with Crippen LogP contribution in [0.25, 0.3) is 0 Å². The molecule has 2 aromatic carbocycles. The quantitative estimate of drug-likeness (QED) is 0.353. The molecule has 9 nitrogen and oxygen atoms in total. The first-order valence-electron chi connectivity index (χ1n) is 14.4. The van der Waals surface area contributed by atoms with Crippen molar-refractivity contribution in [3.63, 3.8) is 0 Å². The lowest BCUT2D eigenvalue weighted by molar-refractivity contribution is -0.179. The van der Waals surface area contributed by atoms with Crippen LogP contribution in [0.1, 0.15) is 71.9 Å². The first kappa shape index (κ1) is 31.3. The Hall–Kier alpha value is -2.67. The summed E-state index contributed by atoms with van der Waals surface area (Å²) < 4.78 is 47.3. The molecule has 2 N–H and O–H groups in total. The zero-order valence-electron chi connectivity index (χ0n) is 24.0. The molecular formula is C31H32Cl2FN3O6S. The van der Waals surface area contributed by atoms with Crippen LogP contribution in [-0.2, 0) is 32.4 Å². The van der Waals surface area contributed by atoms with E-state index in [4.69, 9.17) is 27.9 Å². The summed E-state index contributed by atoms with van der Waals surface area (Å²) in [5, 5.41) is 23.4. The Morgan fingerprint density at radius 3 is 2.32 bits per heavy atom. The molecule has 1 aliphatic carbocycles. The summed E-state index contributed by atoms with van der Waals surface area (Å²) in [6.45, 7) is 1.14. The van der Waals surface area contributed by atoms with E-state index >= 15 is 4.39 Å². The fourth-order valence-corrected chi connectivity index (χ4v) is 8.16. The van der Waals surface area contributed by atoms with E-state index in [1.165, 1.54) is 36.4 Å². The number of rotatable bonds is 8. The van der Waals surface area contributed by atoms with Gasteiger partial charge in [-0.1, -0.05) is 35.3 Å². The summed E-state index contributed by atoms with van der Waals surface area (Å²) in [4.78, 5) is 24.2. The standard InChI is InChI=1S/C31H32Cl2FN3O6S/c1-29(39,19-7-11-44(41,42)12-8-19)21-13-24-27(25(34)14-21)31(20-3-5-22(32)6-4-20,43-18-30(40)9-2-10-30)37(28(24)38)17-26-35-15-23(33)16-36-26/h3-6,13-16,19,39-40H,2,7-12,17-18H2,1H3/t29?,31-/m1/s1. The van der Waals surface area contributed by atoms with Crippen LogP contribution >= 0.6 is 23.2 Å². The number of aliphatic hydroxyl groups is 2. The van der Waals surface area contributed by atoms with Gasteiger partial charge in [-0.25, -0.2) is 22.8 Å². The number of hydrogen-bond donors (Lipinski definition) is 2. The molecule has 1 amide bonds. The molecule has 2 aliphatic heterocycles. The number of benzene rings is 2. The lowest BCUT2D eigenvalue weighted by Crippen LogP contribution is -2.51. The van der Waals surface area contributed by atoms with Crippen molar-refractivity contribution in [1.29, 1.82) is 0 Å². The van der Waals surface area contributed by atoms with E-state index in [0.717, 1.165) is 6.42 Å². The molecule has 3 aliphatic rings. The molecule has 1 unspecified atom stereocenters. The molecule has 3 heterocycles.